The van der Waals surface area contributed by atoms with Crippen molar-refractivity contribution in [2.75, 3.05) is 0 Å². The smallest absolute Gasteiger partial charge is 0.163 e. The average Bonchev–Trinajstić information content (AvgIpc) is 3.15. The van der Waals surface area contributed by atoms with Crippen LogP contribution in [0.25, 0.3) is 28.2 Å². The Morgan fingerprint density at radius 3 is 2.64 bits per heavy atom. The van der Waals surface area contributed by atoms with Crippen LogP contribution < -0.4 is 0 Å². The molecule has 108 valence electrons. The highest BCUT2D eigenvalue weighted by atomic mass is 19.1. The summed E-state index contributed by atoms with van der Waals surface area (Å²) in [7, 11) is 0. The van der Waals surface area contributed by atoms with Crippen LogP contribution in [0.1, 0.15) is 5.69 Å². The molecule has 3 aromatic heterocycles. The van der Waals surface area contributed by atoms with Crippen LogP contribution in [0.15, 0.2) is 59.3 Å². The van der Waals surface area contributed by atoms with Gasteiger partial charge in [-0.3, -0.25) is 0 Å². The van der Waals surface area contributed by atoms with Crippen molar-refractivity contribution in [3.8, 4) is 22.6 Å². The van der Waals surface area contributed by atoms with Crippen molar-refractivity contribution >= 4 is 5.65 Å². The Labute approximate surface area is 125 Å². The maximum absolute atomic E-state index is 13.1. The minimum Gasteiger partial charge on any atom is -0.463 e. The Kier molecular flexibility index (Phi) is 2.79. The summed E-state index contributed by atoms with van der Waals surface area (Å²) in [5.74, 6) is 0.461. The second kappa shape index (κ2) is 4.80. The standard InChI is InChI=1S/C17H12FN3O/c1-11-16(12-4-6-13(18)7-5-12)17-19-9-8-14(21(17)20-11)15-3-2-10-22-15/h2-10H,1H3. The first-order valence-corrected chi connectivity index (χ1v) is 6.88. The van der Waals surface area contributed by atoms with Crippen molar-refractivity contribution in [1.82, 2.24) is 14.6 Å². The zero-order chi connectivity index (χ0) is 15.1. The summed E-state index contributed by atoms with van der Waals surface area (Å²) < 4.78 is 20.4. The Bertz CT molecular complexity index is 940. The van der Waals surface area contributed by atoms with Gasteiger partial charge < -0.3 is 4.42 Å². The van der Waals surface area contributed by atoms with E-state index in [2.05, 4.69) is 10.1 Å². The number of furan rings is 1. The van der Waals surface area contributed by atoms with Crippen LogP contribution in [0.2, 0.25) is 0 Å². The van der Waals surface area contributed by atoms with E-state index in [0.29, 0.717) is 0 Å². The quantitative estimate of drug-likeness (QED) is 0.558. The molecule has 0 atom stereocenters. The second-order valence-corrected chi connectivity index (χ2v) is 5.01. The van der Waals surface area contributed by atoms with Gasteiger partial charge in [0, 0.05) is 11.8 Å². The van der Waals surface area contributed by atoms with Gasteiger partial charge in [-0.1, -0.05) is 12.1 Å². The van der Waals surface area contributed by atoms with Gasteiger partial charge in [0.15, 0.2) is 11.4 Å². The number of halogens is 1. The van der Waals surface area contributed by atoms with Crippen LogP contribution in [0.4, 0.5) is 4.39 Å². The van der Waals surface area contributed by atoms with Crippen molar-refractivity contribution in [3.63, 3.8) is 0 Å². The van der Waals surface area contributed by atoms with E-state index < -0.39 is 0 Å². The molecule has 1 aromatic carbocycles. The fraction of sp³-hybridized carbons (Fsp3) is 0.0588. The fourth-order valence-corrected chi connectivity index (χ4v) is 2.62. The zero-order valence-electron chi connectivity index (χ0n) is 11.8. The molecule has 5 heteroatoms. The van der Waals surface area contributed by atoms with E-state index in [1.54, 1.807) is 29.1 Å². The van der Waals surface area contributed by atoms with Crippen molar-refractivity contribution in [3.05, 3.63) is 66.4 Å². The lowest BCUT2D eigenvalue weighted by Crippen LogP contribution is -1.94. The van der Waals surface area contributed by atoms with Gasteiger partial charge in [0.1, 0.15) is 11.5 Å². The first-order valence-electron chi connectivity index (χ1n) is 6.88. The van der Waals surface area contributed by atoms with Gasteiger partial charge in [-0.25, -0.2) is 13.9 Å². The van der Waals surface area contributed by atoms with E-state index in [4.69, 9.17) is 4.42 Å². The Hall–Kier alpha value is -2.95. The molecule has 4 nitrogen and oxygen atoms in total. The highest BCUT2D eigenvalue weighted by Gasteiger charge is 2.16. The molecule has 0 saturated heterocycles. The molecule has 0 bridgehead atoms. The van der Waals surface area contributed by atoms with Crippen molar-refractivity contribution in [1.29, 1.82) is 0 Å². The summed E-state index contributed by atoms with van der Waals surface area (Å²) in [6.45, 7) is 1.92. The summed E-state index contributed by atoms with van der Waals surface area (Å²) in [5.41, 5.74) is 4.16. The molecule has 0 unspecified atom stereocenters. The summed E-state index contributed by atoms with van der Waals surface area (Å²) in [4.78, 5) is 4.44. The number of fused-ring (bicyclic) bond motifs is 1. The first kappa shape index (κ1) is 12.8. The average molecular weight is 293 g/mol. The normalized spacial score (nSPS) is 11.2. The highest BCUT2D eigenvalue weighted by molar-refractivity contribution is 5.81. The summed E-state index contributed by atoms with van der Waals surface area (Å²) in [6.07, 6.45) is 3.35. The topological polar surface area (TPSA) is 43.3 Å². The molecule has 0 fully saturated rings. The van der Waals surface area contributed by atoms with Crippen LogP contribution in [0, 0.1) is 12.7 Å². The maximum Gasteiger partial charge on any atom is 0.163 e. The molecule has 0 amide bonds. The van der Waals surface area contributed by atoms with Crippen LogP contribution >= 0.6 is 0 Å². The van der Waals surface area contributed by atoms with Gasteiger partial charge in [0.25, 0.3) is 0 Å². The molecule has 0 N–H and O–H groups in total. The minimum atomic E-state index is -0.262. The lowest BCUT2D eigenvalue weighted by Gasteiger charge is -2.02. The molecule has 3 heterocycles. The lowest BCUT2D eigenvalue weighted by molar-refractivity contribution is 0.577. The van der Waals surface area contributed by atoms with Crippen LogP contribution in [0.5, 0.6) is 0 Å². The van der Waals surface area contributed by atoms with Gasteiger partial charge in [-0.2, -0.15) is 5.10 Å². The van der Waals surface area contributed by atoms with Crippen molar-refractivity contribution in [2.24, 2.45) is 0 Å². The molecule has 0 saturated carbocycles. The fourth-order valence-electron chi connectivity index (χ4n) is 2.62. The van der Waals surface area contributed by atoms with E-state index in [-0.39, 0.29) is 5.82 Å². The summed E-state index contributed by atoms with van der Waals surface area (Å²) in [6, 6.07) is 11.9. The third-order valence-electron chi connectivity index (χ3n) is 3.60. The van der Waals surface area contributed by atoms with Gasteiger partial charge in [0.05, 0.1) is 12.0 Å². The molecular weight excluding hydrogens is 281 g/mol. The molecule has 0 aliphatic carbocycles. The van der Waals surface area contributed by atoms with Crippen molar-refractivity contribution in [2.45, 2.75) is 6.92 Å². The summed E-state index contributed by atoms with van der Waals surface area (Å²) in [5, 5.41) is 4.57. The van der Waals surface area contributed by atoms with Crippen LogP contribution in [-0.4, -0.2) is 14.6 Å². The van der Waals surface area contributed by atoms with E-state index in [1.165, 1.54) is 12.1 Å². The van der Waals surface area contributed by atoms with Crippen LogP contribution in [0.3, 0.4) is 0 Å². The molecule has 4 rings (SSSR count). The number of rotatable bonds is 2. The number of nitrogens with zero attached hydrogens (tertiary/aromatic N) is 3. The number of hydrogen-bond acceptors (Lipinski definition) is 3. The van der Waals surface area contributed by atoms with Gasteiger partial charge in [-0.05, 0) is 42.8 Å². The number of aromatic nitrogens is 3. The molecular formula is C17H12FN3O. The largest absolute Gasteiger partial charge is 0.463 e. The maximum atomic E-state index is 13.1. The van der Waals surface area contributed by atoms with Gasteiger partial charge in [-0.15, -0.1) is 0 Å². The zero-order valence-corrected chi connectivity index (χ0v) is 11.8. The Balaban J connectivity index is 1.99. The molecule has 4 aromatic rings. The number of hydrogen-bond donors (Lipinski definition) is 0. The molecule has 22 heavy (non-hydrogen) atoms. The monoisotopic (exact) mass is 293 g/mol. The number of benzene rings is 1. The first-order chi connectivity index (χ1) is 10.7. The van der Waals surface area contributed by atoms with E-state index >= 15 is 0 Å². The SMILES string of the molecule is Cc1nn2c(-c3ccco3)ccnc2c1-c1ccc(F)cc1. The lowest BCUT2D eigenvalue weighted by atomic mass is 10.1. The molecule has 0 aliphatic heterocycles. The third kappa shape index (κ3) is 1.90. The highest BCUT2D eigenvalue weighted by Crippen LogP contribution is 2.30. The van der Waals surface area contributed by atoms with E-state index in [9.17, 15) is 4.39 Å². The predicted molar refractivity (Wildman–Crippen MR) is 80.8 cm³/mol. The van der Waals surface area contributed by atoms with Crippen molar-refractivity contribution < 1.29 is 8.81 Å². The predicted octanol–water partition coefficient (Wildman–Crippen LogP) is 4.10. The van der Waals surface area contributed by atoms with Gasteiger partial charge >= 0.3 is 0 Å². The molecule has 0 radical (unpaired) electrons. The van der Waals surface area contributed by atoms with Gasteiger partial charge in [0.2, 0.25) is 0 Å². The minimum absolute atomic E-state index is 0.262. The van der Waals surface area contributed by atoms with Crippen LogP contribution in [-0.2, 0) is 0 Å². The Morgan fingerprint density at radius 2 is 1.91 bits per heavy atom. The van der Waals surface area contributed by atoms with E-state index in [0.717, 1.165) is 33.9 Å². The van der Waals surface area contributed by atoms with E-state index in [1.807, 2.05) is 25.1 Å². The number of aryl methyl sites for hydroxylation is 1. The molecule has 0 spiro atoms. The summed E-state index contributed by atoms with van der Waals surface area (Å²) >= 11 is 0. The Morgan fingerprint density at radius 1 is 1.09 bits per heavy atom. The third-order valence-corrected chi connectivity index (χ3v) is 3.60. The molecule has 0 aliphatic rings. The second-order valence-electron chi connectivity index (χ2n) is 5.01.